The van der Waals surface area contributed by atoms with Gasteiger partial charge in [-0.05, 0) is 24.6 Å². The lowest BCUT2D eigenvalue weighted by Crippen LogP contribution is -2.20. The summed E-state index contributed by atoms with van der Waals surface area (Å²) in [6.07, 6.45) is 2.23. The molecule has 0 unspecified atom stereocenters. The van der Waals surface area contributed by atoms with Crippen molar-refractivity contribution in [2.75, 3.05) is 29.1 Å². The fourth-order valence-corrected chi connectivity index (χ4v) is 2.95. The van der Waals surface area contributed by atoms with Crippen LogP contribution in [0, 0.1) is 0 Å². The maximum atomic E-state index is 11.3. The zero-order valence-electron chi connectivity index (χ0n) is 17.1. The summed E-state index contributed by atoms with van der Waals surface area (Å²) in [4.78, 5) is 23.0. The number of anilines is 4. The van der Waals surface area contributed by atoms with Crippen LogP contribution in [0.1, 0.15) is 26.7 Å². The van der Waals surface area contributed by atoms with E-state index >= 15 is 0 Å². The van der Waals surface area contributed by atoms with Gasteiger partial charge in [0, 0.05) is 43.5 Å². The predicted octanol–water partition coefficient (Wildman–Crippen LogP) is 5.08. The molecule has 3 rings (SSSR count). The Hall–Kier alpha value is -3.41. The smallest absolute Gasteiger partial charge is 0.221 e. The molecule has 150 valence electrons. The molecule has 0 bridgehead atoms. The quantitative estimate of drug-likeness (QED) is 0.562. The van der Waals surface area contributed by atoms with Gasteiger partial charge in [-0.2, -0.15) is 0 Å². The van der Waals surface area contributed by atoms with Crippen LogP contribution in [0.2, 0.25) is 0 Å². The minimum Gasteiger partial charge on any atom is -0.359 e. The summed E-state index contributed by atoms with van der Waals surface area (Å²) in [5.74, 6) is 2.15. The topological polar surface area (TPSA) is 70.2 Å². The molecule has 0 aliphatic carbocycles. The minimum absolute atomic E-state index is 0.101. The molecule has 0 atom stereocenters. The van der Waals surface area contributed by atoms with Crippen LogP contribution >= 0.6 is 0 Å². The first-order chi connectivity index (χ1) is 14.0. The molecular weight excluding hydrogens is 362 g/mol. The molecule has 3 aromatic rings. The standard InChI is InChI=1S/C23H27N5O/c1-4-5-14-28(3)22-16-21(26-23(27-22)18-10-7-6-8-11-18)25-20-13-9-12-19(15-20)24-17(2)29/h6-13,15-16H,4-5,14H2,1-3H3,(H,24,29)(H,25,26,27). The van der Waals surface area contributed by atoms with E-state index in [0.29, 0.717) is 11.6 Å². The van der Waals surface area contributed by atoms with Crippen molar-refractivity contribution in [3.05, 3.63) is 60.7 Å². The summed E-state index contributed by atoms with van der Waals surface area (Å²) < 4.78 is 0. The van der Waals surface area contributed by atoms with Crippen LogP contribution in [0.4, 0.5) is 23.0 Å². The third-order valence-electron chi connectivity index (χ3n) is 4.44. The van der Waals surface area contributed by atoms with E-state index in [4.69, 9.17) is 9.97 Å². The number of benzene rings is 2. The molecule has 6 nitrogen and oxygen atoms in total. The van der Waals surface area contributed by atoms with Crippen molar-refractivity contribution in [2.45, 2.75) is 26.7 Å². The molecule has 1 heterocycles. The van der Waals surface area contributed by atoms with Gasteiger partial charge >= 0.3 is 0 Å². The molecule has 6 heteroatoms. The summed E-state index contributed by atoms with van der Waals surface area (Å²) in [5, 5.41) is 6.15. The predicted molar refractivity (Wildman–Crippen MR) is 120 cm³/mol. The number of rotatable bonds is 8. The van der Waals surface area contributed by atoms with Crippen molar-refractivity contribution in [2.24, 2.45) is 0 Å². The van der Waals surface area contributed by atoms with E-state index < -0.39 is 0 Å². The van der Waals surface area contributed by atoms with E-state index in [0.717, 1.165) is 42.1 Å². The second kappa shape index (κ2) is 9.68. The molecule has 0 saturated heterocycles. The number of unbranched alkanes of at least 4 members (excludes halogenated alkanes) is 1. The lowest BCUT2D eigenvalue weighted by molar-refractivity contribution is -0.114. The highest BCUT2D eigenvalue weighted by molar-refractivity contribution is 5.89. The number of hydrogen-bond donors (Lipinski definition) is 2. The van der Waals surface area contributed by atoms with Crippen molar-refractivity contribution in [3.63, 3.8) is 0 Å². The van der Waals surface area contributed by atoms with E-state index in [1.807, 2.05) is 67.7 Å². The van der Waals surface area contributed by atoms with Gasteiger partial charge in [-0.15, -0.1) is 0 Å². The molecule has 2 aromatic carbocycles. The summed E-state index contributed by atoms with van der Waals surface area (Å²) in [6, 6.07) is 19.5. The SMILES string of the molecule is CCCCN(C)c1cc(Nc2cccc(NC(C)=O)c2)nc(-c2ccccc2)n1. The Morgan fingerprint density at radius 3 is 2.48 bits per heavy atom. The van der Waals surface area contributed by atoms with Crippen molar-refractivity contribution >= 4 is 28.9 Å². The first-order valence-corrected chi connectivity index (χ1v) is 9.85. The number of hydrogen-bond acceptors (Lipinski definition) is 5. The normalized spacial score (nSPS) is 10.4. The summed E-state index contributed by atoms with van der Waals surface area (Å²) >= 11 is 0. The first kappa shape index (κ1) is 20.3. The average Bonchev–Trinajstić information content (AvgIpc) is 2.72. The Kier molecular flexibility index (Phi) is 6.79. The van der Waals surface area contributed by atoms with E-state index in [1.54, 1.807) is 0 Å². The largest absolute Gasteiger partial charge is 0.359 e. The summed E-state index contributed by atoms with van der Waals surface area (Å²) in [5.41, 5.74) is 2.55. The van der Waals surface area contributed by atoms with Crippen LogP contribution in [0.5, 0.6) is 0 Å². The second-order valence-corrected chi connectivity index (χ2v) is 6.96. The van der Waals surface area contributed by atoms with Crippen molar-refractivity contribution in [3.8, 4) is 11.4 Å². The Bertz CT molecular complexity index is 958. The van der Waals surface area contributed by atoms with Gasteiger partial charge in [0.2, 0.25) is 5.91 Å². The van der Waals surface area contributed by atoms with Crippen LogP contribution in [-0.2, 0) is 4.79 Å². The van der Waals surface area contributed by atoms with E-state index in [1.165, 1.54) is 6.92 Å². The molecule has 0 aliphatic rings. The van der Waals surface area contributed by atoms with Crippen LogP contribution < -0.4 is 15.5 Å². The number of carbonyl (C=O) groups is 1. The number of amides is 1. The summed E-state index contributed by atoms with van der Waals surface area (Å²) in [6.45, 7) is 4.60. The van der Waals surface area contributed by atoms with Gasteiger partial charge in [0.25, 0.3) is 0 Å². The van der Waals surface area contributed by atoms with Gasteiger partial charge in [0.15, 0.2) is 5.82 Å². The number of aromatic nitrogens is 2. The summed E-state index contributed by atoms with van der Waals surface area (Å²) in [7, 11) is 2.05. The van der Waals surface area contributed by atoms with Crippen LogP contribution in [0.25, 0.3) is 11.4 Å². The Balaban J connectivity index is 1.93. The van der Waals surface area contributed by atoms with Gasteiger partial charge < -0.3 is 15.5 Å². The third-order valence-corrected chi connectivity index (χ3v) is 4.44. The molecular formula is C23H27N5O. The number of carbonyl (C=O) groups excluding carboxylic acids is 1. The maximum Gasteiger partial charge on any atom is 0.221 e. The highest BCUT2D eigenvalue weighted by Crippen LogP contribution is 2.25. The second-order valence-electron chi connectivity index (χ2n) is 6.96. The highest BCUT2D eigenvalue weighted by Gasteiger charge is 2.11. The Morgan fingerprint density at radius 1 is 1.00 bits per heavy atom. The molecule has 0 radical (unpaired) electrons. The molecule has 0 spiro atoms. The van der Waals surface area contributed by atoms with E-state index in [2.05, 4.69) is 22.5 Å². The van der Waals surface area contributed by atoms with Gasteiger partial charge in [0.05, 0.1) is 0 Å². The number of nitrogens with one attached hydrogen (secondary N) is 2. The molecule has 29 heavy (non-hydrogen) atoms. The molecule has 1 amide bonds. The van der Waals surface area contributed by atoms with Crippen LogP contribution in [0.15, 0.2) is 60.7 Å². The molecule has 0 fully saturated rings. The average molecular weight is 390 g/mol. The molecule has 0 aliphatic heterocycles. The minimum atomic E-state index is -0.101. The molecule has 0 saturated carbocycles. The zero-order valence-corrected chi connectivity index (χ0v) is 17.1. The molecule has 2 N–H and O–H groups in total. The van der Waals surface area contributed by atoms with Gasteiger partial charge in [-0.1, -0.05) is 49.7 Å². The third kappa shape index (κ3) is 5.78. The Labute approximate surface area is 172 Å². The Morgan fingerprint density at radius 2 is 1.76 bits per heavy atom. The highest BCUT2D eigenvalue weighted by atomic mass is 16.1. The lowest BCUT2D eigenvalue weighted by Gasteiger charge is -2.20. The maximum absolute atomic E-state index is 11.3. The van der Waals surface area contributed by atoms with Crippen molar-refractivity contribution in [1.82, 2.24) is 9.97 Å². The van der Waals surface area contributed by atoms with Crippen LogP contribution in [0.3, 0.4) is 0 Å². The zero-order chi connectivity index (χ0) is 20.6. The van der Waals surface area contributed by atoms with E-state index in [9.17, 15) is 4.79 Å². The first-order valence-electron chi connectivity index (χ1n) is 9.85. The van der Waals surface area contributed by atoms with Crippen molar-refractivity contribution < 1.29 is 4.79 Å². The monoisotopic (exact) mass is 389 g/mol. The van der Waals surface area contributed by atoms with Gasteiger partial charge in [0.1, 0.15) is 11.6 Å². The number of nitrogens with zero attached hydrogens (tertiary/aromatic N) is 3. The van der Waals surface area contributed by atoms with E-state index in [-0.39, 0.29) is 5.91 Å². The fraction of sp³-hybridized carbons (Fsp3) is 0.261. The van der Waals surface area contributed by atoms with Crippen molar-refractivity contribution in [1.29, 1.82) is 0 Å². The van der Waals surface area contributed by atoms with Crippen LogP contribution in [-0.4, -0.2) is 29.5 Å². The van der Waals surface area contributed by atoms with Gasteiger partial charge in [-0.25, -0.2) is 9.97 Å². The van der Waals surface area contributed by atoms with Gasteiger partial charge in [-0.3, -0.25) is 4.79 Å². The lowest BCUT2D eigenvalue weighted by atomic mass is 10.2. The fourth-order valence-electron chi connectivity index (χ4n) is 2.95. The molecule has 1 aromatic heterocycles.